The molecule has 6 aliphatic rings. The highest BCUT2D eigenvalue weighted by Crippen LogP contribution is 2.61. The number of piperidine rings is 3. The molecule has 3 aliphatic carbocycles. The normalized spacial score (nSPS) is 24.7. The van der Waals surface area contributed by atoms with Crippen LogP contribution in [0.5, 0.6) is 0 Å². The van der Waals surface area contributed by atoms with Gasteiger partial charge >= 0.3 is 17.9 Å². The second kappa shape index (κ2) is 17.2. The van der Waals surface area contributed by atoms with Crippen molar-refractivity contribution < 1.29 is 33.5 Å². The summed E-state index contributed by atoms with van der Waals surface area (Å²) in [6.45, 7) is 13.0. The van der Waals surface area contributed by atoms with Crippen LogP contribution in [0.25, 0.3) is 0 Å². The molecule has 0 aromatic heterocycles. The van der Waals surface area contributed by atoms with Gasteiger partial charge in [-0.25, -0.2) is 0 Å². The third kappa shape index (κ3) is 9.36. The number of non-ortho nitro benzene ring substituents is 1. The van der Waals surface area contributed by atoms with Crippen molar-refractivity contribution in [3.8, 4) is 0 Å². The van der Waals surface area contributed by atoms with Gasteiger partial charge < -0.3 is 35.1 Å². The Kier molecular flexibility index (Phi) is 12.6. The minimum Gasteiger partial charge on any atom is -0.466 e. The number of carbonyl (C=O) groups is 3. The maximum absolute atomic E-state index is 11.8. The highest BCUT2D eigenvalue weighted by Gasteiger charge is 2.61. The van der Waals surface area contributed by atoms with E-state index in [1.807, 2.05) is 32.9 Å². The number of hydrogen-bond donors (Lipinski definition) is 2. The molecular weight excluding hydrogens is 702 g/mol. The Hall–Kier alpha value is -4.39. The van der Waals surface area contributed by atoms with E-state index in [-0.39, 0.29) is 57.1 Å². The van der Waals surface area contributed by atoms with Gasteiger partial charge in [0.15, 0.2) is 0 Å². The van der Waals surface area contributed by atoms with Crippen LogP contribution in [0, 0.1) is 44.1 Å². The Bertz CT molecular complexity index is 1640. The molecule has 3 unspecified atom stereocenters. The molecule has 0 radical (unpaired) electrons. The maximum atomic E-state index is 11.8. The third-order valence-corrected chi connectivity index (χ3v) is 13.1. The van der Waals surface area contributed by atoms with Gasteiger partial charge in [0, 0.05) is 55.4 Å². The van der Waals surface area contributed by atoms with E-state index < -0.39 is 0 Å². The quantitative estimate of drug-likeness (QED) is 0.0987. The van der Waals surface area contributed by atoms with Crippen LogP contribution in [0.2, 0.25) is 0 Å². The van der Waals surface area contributed by atoms with Crippen LogP contribution >= 0.6 is 0 Å². The number of rotatable bonds is 9. The van der Waals surface area contributed by atoms with E-state index in [9.17, 15) is 24.5 Å². The second-order valence-corrected chi connectivity index (χ2v) is 16.2. The summed E-state index contributed by atoms with van der Waals surface area (Å²) < 4.78 is 15.3. The van der Waals surface area contributed by atoms with Crippen LogP contribution in [0.4, 0.5) is 22.7 Å². The molecule has 2 aromatic carbocycles. The molecule has 0 bridgehead atoms. The number of nitro benzene ring substituents is 1. The Labute approximate surface area is 324 Å². The van der Waals surface area contributed by atoms with Gasteiger partial charge in [0.05, 0.1) is 42.5 Å². The Morgan fingerprint density at radius 2 is 1.00 bits per heavy atom. The fourth-order valence-corrected chi connectivity index (χ4v) is 9.24. The topological polar surface area (TPSA) is 167 Å². The molecule has 0 amide bonds. The number of nitrogens with two attached hydrogens (primary N) is 1. The van der Waals surface area contributed by atoms with Crippen molar-refractivity contribution in [3.63, 3.8) is 0 Å². The Morgan fingerprint density at radius 3 is 1.35 bits per heavy atom. The zero-order chi connectivity index (χ0) is 39.2. The summed E-state index contributed by atoms with van der Waals surface area (Å²) in [5, 5.41) is 14.0. The number of ether oxygens (including phenoxy) is 3. The third-order valence-electron chi connectivity index (χ3n) is 13.1. The number of benzene rings is 2. The lowest BCUT2D eigenvalue weighted by Gasteiger charge is -2.34. The lowest BCUT2D eigenvalue weighted by Crippen LogP contribution is -2.35. The molecule has 13 nitrogen and oxygen atoms in total. The van der Waals surface area contributed by atoms with Gasteiger partial charge in [-0.2, -0.15) is 0 Å². The summed E-state index contributed by atoms with van der Waals surface area (Å²) in [7, 11) is 0. The predicted octanol–water partition coefficient (Wildman–Crippen LogP) is 6.14. The van der Waals surface area contributed by atoms with Gasteiger partial charge in [0.25, 0.3) is 5.69 Å². The average Bonchev–Trinajstić information content (AvgIpc) is 4.16. The number of carbonyl (C=O) groups excluding carboxylic acids is 3. The molecule has 3 heterocycles. The Balaban J connectivity index is 0.000000145. The first-order valence-electron chi connectivity index (χ1n) is 20.3. The zero-order valence-electron chi connectivity index (χ0n) is 32.8. The van der Waals surface area contributed by atoms with Crippen molar-refractivity contribution in [2.45, 2.75) is 78.6 Å². The van der Waals surface area contributed by atoms with Gasteiger partial charge in [0.2, 0.25) is 0 Å². The molecule has 3 saturated carbocycles. The first-order valence-corrected chi connectivity index (χ1v) is 20.3. The van der Waals surface area contributed by atoms with E-state index in [0.717, 1.165) is 108 Å². The lowest BCUT2D eigenvalue weighted by molar-refractivity contribution is -0.384. The molecule has 3 spiro atoms. The number of nitrogens with zero attached hydrogens (tertiary/aromatic N) is 3. The van der Waals surface area contributed by atoms with Gasteiger partial charge in [0.1, 0.15) is 0 Å². The van der Waals surface area contributed by atoms with Crippen LogP contribution < -0.4 is 20.9 Å². The Morgan fingerprint density at radius 1 is 0.655 bits per heavy atom. The molecule has 3 atom stereocenters. The van der Waals surface area contributed by atoms with Crippen LogP contribution in [0.3, 0.4) is 0 Å². The lowest BCUT2D eigenvalue weighted by atomic mass is 9.90. The number of anilines is 3. The summed E-state index contributed by atoms with van der Waals surface area (Å²) >= 11 is 0. The standard InChI is InChI=1S/C16H20N2O4.C16H22N2O2.C10H17NO2/c1-2-22-15(19)14-11-16(14)7-9-17(10-8-16)12-3-5-13(6-4-12)18(20)21;1-2-20-15(19)14-11-16(14)7-9-18(10-8-16)13-5-3-12(17)4-6-13;1-2-13-9(12)8-7-10(8)3-5-11-6-4-10/h3-6,14H,2,7-11H2,1H3;3-6,14H,2,7-11,17H2,1H3;8,11H,2-7H2,1H3. The van der Waals surface area contributed by atoms with Gasteiger partial charge in [-0.05, 0) is 144 Å². The predicted molar refractivity (Wildman–Crippen MR) is 210 cm³/mol. The fourth-order valence-electron chi connectivity index (χ4n) is 9.24. The van der Waals surface area contributed by atoms with Crippen LogP contribution in [-0.4, -0.2) is 81.9 Å². The molecule has 6 fully saturated rings. The average molecular weight is 762 g/mol. The highest BCUT2D eigenvalue weighted by atomic mass is 16.6. The van der Waals surface area contributed by atoms with Crippen LogP contribution in [-0.2, 0) is 28.6 Å². The van der Waals surface area contributed by atoms with E-state index in [2.05, 4.69) is 27.2 Å². The van der Waals surface area contributed by atoms with Crippen LogP contribution in [0.1, 0.15) is 78.6 Å². The summed E-state index contributed by atoms with van der Waals surface area (Å²) in [6.07, 6.45) is 9.45. The number of esters is 3. The number of nitrogen functional groups attached to an aromatic ring is 1. The van der Waals surface area contributed by atoms with Crippen molar-refractivity contribution in [2.75, 3.05) is 74.6 Å². The summed E-state index contributed by atoms with van der Waals surface area (Å²) in [6, 6.07) is 14.7. The monoisotopic (exact) mass is 761 g/mol. The summed E-state index contributed by atoms with van der Waals surface area (Å²) in [4.78, 5) is 50.0. The largest absolute Gasteiger partial charge is 0.466 e. The summed E-state index contributed by atoms with van der Waals surface area (Å²) in [5.41, 5.74) is 9.57. The highest BCUT2D eigenvalue weighted by molar-refractivity contribution is 5.78. The van der Waals surface area contributed by atoms with Crippen molar-refractivity contribution >= 4 is 40.7 Å². The van der Waals surface area contributed by atoms with E-state index in [0.29, 0.717) is 25.2 Å². The fraction of sp³-hybridized carbons (Fsp3) is 0.643. The molecule has 3 saturated heterocycles. The first-order chi connectivity index (χ1) is 26.5. The number of nitrogens with one attached hydrogen (secondary N) is 1. The van der Waals surface area contributed by atoms with Gasteiger partial charge in [-0.3, -0.25) is 24.5 Å². The summed E-state index contributed by atoms with van der Waals surface area (Å²) in [5.74, 6) is 0.432. The molecular formula is C42H59N5O8. The number of hydrogen-bond acceptors (Lipinski definition) is 12. The number of nitro groups is 1. The van der Waals surface area contributed by atoms with Crippen molar-refractivity contribution in [1.82, 2.24) is 5.32 Å². The van der Waals surface area contributed by atoms with Gasteiger partial charge in [-0.1, -0.05) is 0 Å². The van der Waals surface area contributed by atoms with Crippen LogP contribution in [0.15, 0.2) is 48.5 Å². The molecule has 300 valence electrons. The smallest absolute Gasteiger partial charge is 0.309 e. The molecule has 13 heteroatoms. The SMILES string of the molecule is CCOC(=O)C1CC12CCN(c1ccc(N)cc1)CC2.CCOC(=O)C1CC12CCN(c1ccc([N+](=O)[O-])cc1)CC2.CCOC(=O)C1CC12CCNCC2. The van der Waals surface area contributed by atoms with E-state index >= 15 is 0 Å². The van der Waals surface area contributed by atoms with E-state index in [1.165, 1.54) is 17.8 Å². The van der Waals surface area contributed by atoms with Crippen molar-refractivity contribution in [2.24, 2.45) is 34.0 Å². The molecule has 2 aromatic rings. The second-order valence-electron chi connectivity index (χ2n) is 16.2. The zero-order valence-corrected chi connectivity index (χ0v) is 32.8. The first kappa shape index (κ1) is 40.3. The van der Waals surface area contributed by atoms with Crippen molar-refractivity contribution in [3.05, 3.63) is 58.6 Å². The van der Waals surface area contributed by atoms with E-state index in [4.69, 9.17) is 19.9 Å². The minimum atomic E-state index is -0.386. The van der Waals surface area contributed by atoms with Gasteiger partial charge in [-0.15, -0.1) is 0 Å². The maximum Gasteiger partial charge on any atom is 0.309 e. The minimum absolute atomic E-state index is 0.00781. The van der Waals surface area contributed by atoms with E-state index in [1.54, 1.807) is 12.1 Å². The molecule has 8 rings (SSSR count). The molecule has 3 N–H and O–H groups in total. The molecule has 3 aliphatic heterocycles. The van der Waals surface area contributed by atoms with Crippen molar-refractivity contribution in [1.29, 1.82) is 0 Å². The molecule has 55 heavy (non-hydrogen) atoms.